The number of aliphatic imine (C=N–C) groups is 1. The van der Waals surface area contributed by atoms with Gasteiger partial charge in [-0.2, -0.15) is 0 Å². The van der Waals surface area contributed by atoms with Crippen LogP contribution in [-0.2, 0) is 9.47 Å². The molecule has 1 unspecified atom stereocenters. The summed E-state index contributed by atoms with van der Waals surface area (Å²) in [5, 5.41) is 3.50. The van der Waals surface area contributed by atoms with Crippen LogP contribution < -0.4 is 5.32 Å². The van der Waals surface area contributed by atoms with E-state index >= 15 is 0 Å². The van der Waals surface area contributed by atoms with E-state index in [1.807, 2.05) is 0 Å². The molecule has 28 heavy (non-hydrogen) atoms. The number of nitrogens with one attached hydrogen (secondary N) is 1. The highest BCUT2D eigenvalue weighted by molar-refractivity contribution is 5.80. The average Bonchev–Trinajstić information content (AvgIpc) is 3.26. The molecule has 0 bridgehead atoms. The minimum atomic E-state index is 0.334. The van der Waals surface area contributed by atoms with Gasteiger partial charge in [0.15, 0.2) is 5.96 Å². The molecule has 3 aliphatic heterocycles. The van der Waals surface area contributed by atoms with Crippen LogP contribution in [0.5, 0.6) is 0 Å². The third-order valence-electron chi connectivity index (χ3n) is 6.57. The Morgan fingerprint density at radius 1 is 1.07 bits per heavy atom. The number of nitrogens with zero attached hydrogens (tertiary/aromatic N) is 3. The van der Waals surface area contributed by atoms with Gasteiger partial charge in [0, 0.05) is 32.8 Å². The van der Waals surface area contributed by atoms with Crippen molar-refractivity contribution in [1.82, 2.24) is 15.1 Å². The van der Waals surface area contributed by atoms with Gasteiger partial charge in [0.25, 0.3) is 0 Å². The second-order valence-electron chi connectivity index (χ2n) is 8.56. The molecule has 6 heteroatoms. The Bertz CT molecular complexity index is 451. The van der Waals surface area contributed by atoms with Crippen molar-refractivity contribution >= 4 is 5.96 Å². The predicted molar refractivity (Wildman–Crippen MR) is 115 cm³/mol. The largest absolute Gasteiger partial charge is 0.376 e. The molecule has 0 radical (unpaired) electrons. The molecule has 1 N–H and O–H groups in total. The smallest absolute Gasteiger partial charge is 0.193 e. The minimum absolute atomic E-state index is 0.334. The number of likely N-dealkylation sites (tertiary alicyclic amines) is 2. The molecule has 0 aliphatic carbocycles. The molecule has 0 spiro atoms. The topological polar surface area (TPSA) is 49.3 Å². The van der Waals surface area contributed by atoms with E-state index in [4.69, 9.17) is 14.5 Å². The van der Waals surface area contributed by atoms with Gasteiger partial charge < -0.3 is 24.6 Å². The third kappa shape index (κ3) is 6.89. The van der Waals surface area contributed by atoms with Crippen molar-refractivity contribution in [2.45, 2.75) is 71.0 Å². The van der Waals surface area contributed by atoms with E-state index in [9.17, 15) is 0 Å². The van der Waals surface area contributed by atoms with Gasteiger partial charge in [-0.1, -0.05) is 6.92 Å². The maximum absolute atomic E-state index is 6.12. The summed E-state index contributed by atoms with van der Waals surface area (Å²) in [6.07, 6.45) is 9.15. The number of guanidine groups is 1. The van der Waals surface area contributed by atoms with Crippen molar-refractivity contribution in [3.05, 3.63) is 0 Å². The van der Waals surface area contributed by atoms with E-state index in [-0.39, 0.29) is 0 Å². The Morgan fingerprint density at radius 3 is 2.50 bits per heavy atom. The molecule has 162 valence electrons. The van der Waals surface area contributed by atoms with Crippen LogP contribution in [-0.4, -0.2) is 87.0 Å². The predicted octanol–water partition coefficient (Wildman–Crippen LogP) is 2.73. The normalized spacial score (nSPS) is 26.1. The highest BCUT2D eigenvalue weighted by atomic mass is 16.5. The Kier molecular flexibility index (Phi) is 9.35. The van der Waals surface area contributed by atoms with Gasteiger partial charge in [-0.3, -0.25) is 4.99 Å². The van der Waals surface area contributed by atoms with Gasteiger partial charge in [0.05, 0.1) is 18.8 Å². The Morgan fingerprint density at radius 2 is 1.86 bits per heavy atom. The summed E-state index contributed by atoms with van der Waals surface area (Å²) in [7, 11) is 0. The second-order valence-corrected chi connectivity index (χ2v) is 8.56. The van der Waals surface area contributed by atoms with Crippen LogP contribution in [0.3, 0.4) is 0 Å². The maximum atomic E-state index is 6.12. The number of ether oxygens (including phenoxy) is 2. The van der Waals surface area contributed by atoms with Crippen LogP contribution in [0.2, 0.25) is 0 Å². The lowest BCUT2D eigenvalue weighted by molar-refractivity contribution is -0.0367. The molecule has 6 nitrogen and oxygen atoms in total. The van der Waals surface area contributed by atoms with Gasteiger partial charge >= 0.3 is 0 Å². The molecule has 3 heterocycles. The molecule has 3 saturated heterocycles. The number of hydrogen-bond donors (Lipinski definition) is 1. The monoisotopic (exact) mass is 394 g/mol. The van der Waals surface area contributed by atoms with Crippen LogP contribution in [0.4, 0.5) is 0 Å². The summed E-state index contributed by atoms with van der Waals surface area (Å²) in [5.41, 5.74) is 0. The summed E-state index contributed by atoms with van der Waals surface area (Å²) in [6.45, 7) is 13.8. The molecule has 0 aromatic carbocycles. The SMILES string of the molecule is CCNC(=NCCC1CCN(CC)CC1)N1CCC(OCC2CCCO2)CC1. The van der Waals surface area contributed by atoms with Crippen LogP contribution in [0, 0.1) is 5.92 Å². The minimum Gasteiger partial charge on any atom is -0.376 e. The van der Waals surface area contributed by atoms with E-state index < -0.39 is 0 Å². The van der Waals surface area contributed by atoms with E-state index in [1.165, 1.54) is 45.3 Å². The van der Waals surface area contributed by atoms with Gasteiger partial charge in [-0.15, -0.1) is 0 Å². The van der Waals surface area contributed by atoms with Crippen LogP contribution >= 0.6 is 0 Å². The Balaban J connectivity index is 1.36. The molecule has 0 amide bonds. The van der Waals surface area contributed by atoms with Gasteiger partial charge in [0.2, 0.25) is 0 Å². The third-order valence-corrected chi connectivity index (χ3v) is 6.57. The van der Waals surface area contributed by atoms with E-state index in [0.29, 0.717) is 12.2 Å². The van der Waals surface area contributed by atoms with Crippen LogP contribution in [0.15, 0.2) is 4.99 Å². The fourth-order valence-corrected chi connectivity index (χ4v) is 4.62. The summed E-state index contributed by atoms with van der Waals surface area (Å²) < 4.78 is 11.8. The lowest BCUT2D eigenvalue weighted by atomic mass is 9.94. The molecule has 0 aromatic heterocycles. The zero-order valence-electron chi connectivity index (χ0n) is 18.2. The highest BCUT2D eigenvalue weighted by Crippen LogP contribution is 2.21. The van der Waals surface area contributed by atoms with Gasteiger partial charge in [0.1, 0.15) is 0 Å². The summed E-state index contributed by atoms with van der Waals surface area (Å²) in [5.74, 6) is 1.96. The average molecular weight is 395 g/mol. The fourth-order valence-electron chi connectivity index (χ4n) is 4.62. The van der Waals surface area contributed by atoms with Crippen molar-refractivity contribution in [2.24, 2.45) is 10.9 Å². The lowest BCUT2D eigenvalue weighted by Gasteiger charge is -2.34. The van der Waals surface area contributed by atoms with E-state index in [1.54, 1.807) is 0 Å². The Labute approximate surface area is 172 Å². The van der Waals surface area contributed by atoms with E-state index in [2.05, 4.69) is 29.0 Å². The zero-order valence-corrected chi connectivity index (χ0v) is 18.2. The van der Waals surface area contributed by atoms with Crippen molar-refractivity contribution in [3.8, 4) is 0 Å². The first-order chi connectivity index (χ1) is 13.8. The van der Waals surface area contributed by atoms with Crippen LogP contribution in [0.1, 0.15) is 58.8 Å². The summed E-state index contributed by atoms with van der Waals surface area (Å²) in [6, 6.07) is 0. The molecule has 0 saturated carbocycles. The van der Waals surface area contributed by atoms with E-state index in [0.717, 1.165) is 70.5 Å². The van der Waals surface area contributed by atoms with Gasteiger partial charge in [-0.05, 0) is 77.4 Å². The lowest BCUT2D eigenvalue weighted by Crippen LogP contribution is -2.47. The standard InChI is InChI=1S/C22H42N4O2/c1-3-23-22(24-12-7-19-8-13-25(4-2)14-9-19)26-15-10-20(11-16-26)28-18-21-6-5-17-27-21/h19-21H,3-18H2,1-2H3,(H,23,24). The van der Waals surface area contributed by atoms with Crippen molar-refractivity contribution in [3.63, 3.8) is 0 Å². The maximum Gasteiger partial charge on any atom is 0.193 e. The molecule has 0 aromatic rings. The van der Waals surface area contributed by atoms with Crippen molar-refractivity contribution in [2.75, 3.05) is 59.0 Å². The highest BCUT2D eigenvalue weighted by Gasteiger charge is 2.24. The summed E-state index contributed by atoms with van der Waals surface area (Å²) >= 11 is 0. The zero-order chi connectivity index (χ0) is 19.6. The van der Waals surface area contributed by atoms with Crippen molar-refractivity contribution < 1.29 is 9.47 Å². The number of rotatable bonds is 8. The molecule has 1 atom stereocenters. The molecular formula is C22H42N4O2. The van der Waals surface area contributed by atoms with Gasteiger partial charge in [-0.25, -0.2) is 0 Å². The van der Waals surface area contributed by atoms with Crippen LogP contribution in [0.25, 0.3) is 0 Å². The number of hydrogen-bond acceptors (Lipinski definition) is 4. The molecule has 3 aliphatic rings. The summed E-state index contributed by atoms with van der Waals surface area (Å²) in [4.78, 5) is 9.95. The van der Waals surface area contributed by atoms with Crippen molar-refractivity contribution in [1.29, 1.82) is 0 Å². The fraction of sp³-hybridized carbons (Fsp3) is 0.955. The molecule has 3 rings (SSSR count). The first kappa shape index (κ1) is 21.8. The first-order valence-corrected chi connectivity index (χ1v) is 11.8. The molecule has 3 fully saturated rings. The second kappa shape index (κ2) is 12.0. The first-order valence-electron chi connectivity index (χ1n) is 11.8. The number of piperidine rings is 2. The quantitative estimate of drug-likeness (QED) is 0.507. The Hall–Kier alpha value is -0.850. The molecular weight excluding hydrogens is 352 g/mol.